The van der Waals surface area contributed by atoms with Crippen LogP contribution in [0.2, 0.25) is 0 Å². The molecule has 1 aliphatic carbocycles. The minimum atomic E-state index is 0.903. The van der Waals surface area contributed by atoms with Crippen molar-refractivity contribution in [2.24, 2.45) is 11.8 Å². The third-order valence-corrected chi connectivity index (χ3v) is 4.13. The molecule has 0 aromatic rings. The van der Waals surface area contributed by atoms with Crippen molar-refractivity contribution in [3.63, 3.8) is 0 Å². The average Bonchev–Trinajstić information content (AvgIpc) is 2.39. The predicted molar refractivity (Wildman–Crippen MR) is 56.8 cm³/mol. The van der Waals surface area contributed by atoms with Gasteiger partial charge in [-0.25, -0.2) is 0 Å². The molecule has 0 bridgehead atoms. The number of hydrogen-bond donors (Lipinski definition) is 0. The summed E-state index contributed by atoms with van der Waals surface area (Å²) in [6, 6.07) is 0.903. The number of rotatable bonds is 3. The molecule has 0 aromatic carbocycles. The van der Waals surface area contributed by atoms with E-state index in [2.05, 4.69) is 18.7 Å². The Hall–Kier alpha value is -0.0400. The maximum absolute atomic E-state index is 2.76. The minimum Gasteiger partial charge on any atom is -0.300 e. The van der Waals surface area contributed by atoms with Crippen LogP contribution >= 0.6 is 0 Å². The monoisotopic (exact) mass is 181 g/mol. The Morgan fingerprint density at radius 3 is 2.54 bits per heavy atom. The Labute approximate surface area is 82.5 Å². The average molecular weight is 181 g/mol. The van der Waals surface area contributed by atoms with Gasteiger partial charge >= 0.3 is 0 Å². The molecule has 0 N–H and O–H groups in total. The van der Waals surface area contributed by atoms with Crippen molar-refractivity contribution in [3.05, 3.63) is 0 Å². The molecule has 0 aromatic heterocycles. The van der Waals surface area contributed by atoms with Crippen molar-refractivity contribution in [2.45, 2.75) is 52.0 Å². The summed E-state index contributed by atoms with van der Waals surface area (Å²) in [5.74, 6) is 2.00. The van der Waals surface area contributed by atoms with Crippen LogP contribution in [0.25, 0.3) is 0 Å². The smallest absolute Gasteiger partial charge is 0.0119 e. The van der Waals surface area contributed by atoms with Gasteiger partial charge in [0.25, 0.3) is 0 Å². The largest absolute Gasteiger partial charge is 0.300 e. The van der Waals surface area contributed by atoms with E-state index >= 15 is 0 Å². The standard InChI is InChI=1S/C12H23N/c1-3-12-10(2)7-8-13(12)9-11-5-4-6-11/h10-12H,3-9H2,1-2H3. The summed E-state index contributed by atoms with van der Waals surface area (Å²) in [7, 11) is 0. The fraction of sp³-hybridized carbons (Fsp3) is 1.00. The second-order valence-electron chi connectivity index (χ2n) is 5.03. The van der Waals surface area contributed by atoms with Crippen LogP contribution in [-0.4, -0.2) is 24.0 Å². The summed E-state index contributed by atoms with van der Waals surface area (Å²) in [6.45, 7) is 7.55. The fourth-order valence-electron chi connectivity index (χ4n) is 2.98. The van der Waals surface area contributed by atoms with E-state index in [1.165, 1.54) is 45.2 Å². The zero-order valence-corrected chi connectivity index (χ0v) is 9.13. The topological polar surface area (TPSA) is 3.24 Å². The molecule has 1 heterocycles. The zero-order chi connectivity index (χ0) is 9.26. The SMILES string of the molecule is CCC1C(C)CCN1CC1CCC1. The van der Waals surface area contributed by atoms with Crippen molar-refractivity contribution in [1.29, 1.82) is 0 Å². The summed E-state index contributed by atoms with van der Waals surface area (Å²) < 4.78 is 0. The highest BCUT2D eigenvalue weighted by molar-refractivity contribution is 4.86. The summed E-state index contributed by atoms with van der Waals surface area (Å²) in [4.78, 5) is 2.76. The highest BCUT2D eigenvalue weighted by atomic mass is 15.2. The van der Waals surface area contributed by atoms with Crippen molar-refractivity contribution in [1.82, 2.24) is 4.90 Å². The molecule has 1 aliphatic heterocycles. The van der Waals surface area contributed by atoms with Crippen LogP contribution in [0.15, 0.2) is 0 Å². The zero-order valence-electron chi connectivity index (χ0n) is 9.13. The van der Waals surface area contributed by atoms with E-state index in [1.807, 2.05) is 0 Å². The molecular formula is C12H23N. The fourth-order valence-corrected chi connectivity index (χ4v) is 2.98. The summed E-state index contributed by atoms with van der Waals surface area (Å²) in [5.41, 5.74) is 0. The Balaban J connectivity index is 1.83. The Morgan fingerprint density at radius 2 is 2.00 bits per heavy atom. The third-order valence-electron chi connectivity index (χ3n) is 4.13. The number of nitrogens with zero attached hydrogens (tertiary/aromatic N) is 1. The van der Waals surface area contributed by atoms with Gasteiger partial charge < -0.3 is 0 Å². The van der Waals surface area contributed by atoms with Crippen molar-refractivity contribution in [3.8, 4) is 0 Å². The Bertz CT molecular complexity index is 163. The second kappa shape index (κ2) is 4.00. The Morgan fingerprint density at radius 1 is 1.23 bits per heavy atom. The molecule has 0 spiro atoms. The van der Waals surface area contributed by atoms with Gasteiger partial charge in [0, 0.05) is 12.6 Å². The lowest BCUT2D eigenvalue weighted by Gasteiger charge is -2.33. The summed E-state index contributed by atoms with van der Waals surface area (Å²) in [6.07, 6.45) is 7.28. The normalized spacial score (nSPS) is 36.5. The van der Waals surface area contributed by atoms with Gasteiger partial charge in [0.05, 0.1) is 0 Å². The maximum Gasteiger partial charge on any atom is 0.0119 e. The molecule has 1 nitrogen and oxygen atoms in total. The first-order valence-corrected chi connectivity index (χ1v) is 6.05. The van der Waals surface area contributed by atoms with Crippen LogP contribution in [0.5, 0.6) is 0 Å². The molecular weight excluding hydrogens is 158 g/mol. The first kappa shape index (κ1) is 9.51. The lowest BCUT2D eigenvalue weighted by atomic mass is 9.85. The predicted octanol–water partition coefficient (Wildman–Crippen LogP) is 2.91. The van der Waals surface area contributed by atoms with Crippen molar-refractivity contribution < 1.29 is 0 Å². The van der Waals surface area contributed by atoms with Crippen LogP contribution < -0.4 is 0 Å². The van der Waals surface area contributed by atoms with Gasteiger partial charge in [-0.2, -0.15) is 0 Å². The molecule has 2 rings (SSSR count). The lowest BCUT2D eigenvalue weighted by molar-refractivity contribution is 0.152. The van der Waals surface area contributed by atoms with E-state index in [-0.39, 0.29) is 0 Å². The Kier molecular flexibility index (Phi) is 2.92. The van der Waals surface area contributed by atoms with E-state index < -0.39 is 0 Å². The van der Waals surface area contributed by atoms with Gasteiger partial charge in [0.2, 0.25) is 0 Å². The molecule has 0 amide bonds. The van der Waals surface area contributed by atoms with Crippen LogP contribution in [0, 0.1) is 11.8 Å². The third kappa shape index (κ3) is 1.90. The van der Waals surface area contributed by atoms with Crippen LogP contribution in [-0.2, 0) is 0 Å². The summed E-state index contributed by atoms with van der Waals surface area (Å²) >= 11 is 0. The van der Waals surface area contributed by atoms with Gasteiger partial charge in [0.1, 0.15) is 0 Å². The molecule has 2 atom stereocenters. The van der Waals surface area contributed by atoms with E-state index in [4.69, 9.17) is 0 Å². The van der Waals surface area contributed by atoms with Gasteiger partial charge in [-0.1, -0.05) is 20.3 Å². The van der Waals surface area contributed by atoms with E-state index in [0.717, 1.165) is 17.9 Å². The quantitative estimate of drug-likeness (QED) is 0.647. The number of likely N-dealkylation sites (tertiary alicyclic amines) is 1. The molecule has 76 valence electrons. The highest BCUT2D eigenvalue weighted by Gasteiger charge is 2.32. The first-order valence-electron chi connectivity index (χ1n) is 6.05. The van der Waals surface area contributed by atoms with E-state index in [0.29, 0.717) is 0 Å². The molecule has 0 radical (unpaired) electrons. The van der Waals surface area contributed by atoms with Crippen LogP contribution in [0.4, 0.5) is 0 Å². The molecule has 2 aliphatic rings. The molecule has 1 saturated carbocycles. The highest BCUT2D eigenvalue weighted by Crippen LogP contribution is 2.32. The maximum atomic E-state index is 2.76. The lowest BCUT2D eigenvalue weighted by Crippen LogP contribution is -2.37. The molecule has 13 heavy (non-hydrogen) atoms. The first-order chi connectivity index (χ1) is 6.31. The van der Waals surface area contributed by atoms with Crippen LogP contribution in [0.3, 0.4) is 0 Å². The minimum absolute atomic E-state index is 0.903. The van der Waals surface area contributed by atoms with Crippen molar-refractivity contribution in [2.75, 3.05) is 13.1 Å². The molecule has 2 fully saturated rings. The van der Waals surface area contributed by atoms with Gasteiger partial charge in [-0.3, -0.25) is 4.90 Å². The van der Waals surface area contributed by atoms with Gasteiger partial charge in [-0.15, -0.1) is 0 Å². The van der Waals surface area contributed by atoms with E-state index in [9.17, 15) is 0 Å². The molecule has 2 unspecified atom stereocenters. The number of hydrogen-bond acceptors (Lipinski definition) is 1. The molecule has 1 saturated heterocycles. The van der Waals surface area contributed by atoms with E-state index in [1.54, 1.807) is 0 Å². The van der Waals surface area contributed by atoms with Crippen LogP contribution in [0.1, 0.15) is 46.0 Å². The van der Waals surface area contributed by atoms with Gasteiger partial charge in [0.15, 0.2) is 0 Å². The molecule has 1 heteroatoms. The second-order valence-corrected chi connectivity index (χ2v) is 5.03. The van der Waals surface area contributed by atoms with Crippen molar-refractivity contribution >= 4 is 0 Å². The summed E-state index contributed by atoms with van der Waals surface area (Å²) in [5, 5.41) is 0. The van der Waals surface area contributed by atoms with Gasteiger partial charge in [-0.05, 0) is 44.1 Å².